The van der Waals surface area contributed by atoms with E-state index in [0.29, 0.717) is 0 Å². The van der Waals surface area contributed by atoms with E-state index in [1.807, 2.05) is 0 Å². The molecule has 0 N–H and O–H groups in total. The Morgan fingerprint density at radius 2 is 1.55 bits per heavy atom. The molecule has 6 heteroatoms. The standard InChI is InChI=1S/C5H11Cl2O3P/c6-3-1-5(2-4-7)11(8,9)10/h5H,1-4H2,(H2,8,9,10)/p-2. The molecule has 0 radical (unpaired) electrons. The van der Waals surface area contributed by atoms with Crippen LogP contribution >= 0.6 is 30.8 Å². The highest BCUT2D eigenvalue weighted by atomic mass is 35.5. The van der Waals surface area contributed by atoms with Crippen molar-refractivity contribution in [2.75, 3.05) is 11.8 Å². The van der Waals surface area contributed by atoms with E-state index in [9.17, 15) is 14.4 Å². The maximum Gasteiger partial charge on any atom is 0.0229 e. The topological polar surface area (TPSA) is 63.2 Å². The molecule has 3 nitrogen and oxygen atoms in total. The lowest BCUT2D eigenvalue weighted by Gasteiger charge is -2.37. The first-order valence-electron chi connectivity index (χ1n) is 3.16. The Hall–Kier alpha value is 0.730. The van der Waals surface area contributed by atoms with Crippen LogP contribution in [0.25, 0.3) is 0 Å². The number of alkyl halides is 2. The van der Waals surface area contributed by atoms with Gasteiger partial charge in [0.15, 0.2) is 0 Å². The Kier molecular flexibility index (Phi) is 5.75. The molecule has 0 aliphatic heterocycles. The van der Waals surface area contributed by atoms with Gasteiger partial charge in [-0.3, -0.25) is 0 Å². The first-order valence-corrected chi connectivity index (χ1v) is 5.84. The van der Waals surface area contributed by atoms with Gasteiger partial charge in [0.05, 0.1) is 0 Å². The van der Waals surface area contributed by atoms with Crippen molar-refractivity contribution in [3.8, 4) is 0 Å². The summed E-state index contributed by atoms with van der Waals surface area (Å²) in [5, 5.41) is 0. The predicted octanol–water partition coefficient (Wildman–Crippen LogP) is 0.526. The minimum Gasteiger partial charge on any atom is -0.811 e. The normalized spacial score (nSPS) is 12.5. The van der Waals surface area contributed by atoms with Crippen molar-refractivity contribution in [2.45, 2.75) is 18.5 Å². The zero-order valence-electron chi connectivity index (χ0n) is 5.83. The molecular weight excluding hydrogens is 210 g/mol. The molecule has 0 heterocycles. The molecule has 0 fully saturated rings. The van der Waals surface area contributed by atoms with E-state index < -0.39 is 13.3 Å². The van der Waals surface area contributed by atoms with Crippen molar-refractivity contribution < 1.29 is 14.4 Å². The third-order valence-corrected chi connectivity index (χ3v) is 3.18. The molecule has 0 atom stereocenters. The quantitative estimate of drug-likeness (QED) is 0.500. The zero-order valence-corrected chi connectivity index (χ0v) is 8.24. The second-order valence-electron chi connectivity index (χ2n) is 2.15. The van der Waals surface area contributed by atoms with Crippen LogP contribution < -0.4 is 9.79 Å². The van der Waals surface area contributed by atoms with Crippen LogP contribution in [0.3, 0.4) is 0 Å². The van der Waals surface area contributed by atoms with Gasteiger partial charge in [-0.2, -0.15) is 0 Å². The van der Waals surface area contributed by atoms with Crippen LogP contribution in [0.5, 0.6) is 0 Å². The minimum absolute atomic E-state index is 0.177. The molecule has 0 aromatic heterocycles. The summed E-state index contributed by atoms with van der Waals surface area (Å²) in [5.41, 5.74) is -0.891. The molecule has 0 rings (SSSR count). The summed E-state index contributed by atoms with van der Waals surface area (Å²) in [7, 11) is -4.48. The van der Waals surface area contributed by atoms with Crippen molar-refractivity contribution in [2.24, 2.45) is 0 Å². The Morgan fingerprint density at radius 3 is 1.73 bits per heavy atom. The van der Waals surface area contributed by atoms with Gasteiger partial charge in [-0.05, 0) is 18.5 Å². The third kappa shape index (κ3) is 5.05. The molecule has 0 aromatic carbocycles. The van der Waals surface area contributed by atoms with Crippen LogP contribution in [-0.2, 0) is 4.57 Å². The van der Waals surface area contributed by atoms with Crippen LogP contribution in [0.1, 0.15) is 12.8 Å². The average molecular weight is 219 g/mol. The molecule has 68 valence electrons. The highest BCUT2D eigenvalue weighted by Gasteiger charge is 2.10. The molecule has 0 aliphatic rings. The molecule has 0 saturated carbocycles. The minimum atomic E-state index is -4.48. The van der Waals surface area contributed by atoms with Gasteiger partial charge in [-0.25, -0.2) is 0 Å². The van der Waals surface area contributed by atoms with Crippen LogP contribution in [0, 0.1) is 0 Å². The summed E-state index contributed by atoms with van der Waals surface area (Å²) in [6.45, 7) is 0. The largest absolute Gasteiger partial charge is 0.811 e. The van der Waals surface area contributed by atoms with E-state index >= 15 is 0 Å². The van der Waals surface area contributed by atoms with Crippen LogP contribution in [0.15, 0.2) is 0 Å². The van der Waals surface area contributed by atoms with Crippen molar-refractivity contribution in [1.82, 2.24) is 0 Å². The monoisotopic (exact) mass is 218 g/mol. The van der Waals surface area contributed by atoms with E-state index in [2.05, 4.69) is 0 Å². The number of hydrogen-bond donors (Lipinski definition) is 0. The fourth-order valence-corrected chi connectivity index (χ4v) is 2.43. The van der Waals surface area contributed by atoms with Gasteiger partial charge in [0.2, 0.25) is 0 Å². The smallest absolute Gasteiger partial charge is 0.0229 e. The molecule has 11 heavy (non-hydrogen) atoms. The van der Waals surface area contributed by atoms with E-state index in [1.165, 1.54) is 0 Å². The molecule has 0 unspecified atom stereocenters. The Morgan fingerprint density at radius 1 is 1.18 bits per heavy atom. The summed E-state index contributed by atoms with van der Waals surface area (Å²) in [6, 6.07) is 0. The molecule has 0 bridgehead atoms. The van der Waals surface area contributed by atoms with Gasteiger partial charge < -0.3 is 14.4 Å². The van der Waals surface area contributed by atoms with Crippen LogP contribution in [-0.4, -0.2) is 17.4 Å². The molecule has 0 aromatic rings. The summed E-state index contributed by atoms with van der Waals surface area (Å²) in [5.74, 6) is 0.353. The average Bonchev–Trinajstić information content (AvgIpc) is 1.85. The second kappa shape index (κ2) is 5.39. The molecule has 0 aliphatic carbocycles. The summed E-state index contributed by atoms with van der Waals surface area (Å²) >= 11 is 10.6. The van der Waals surface area contributed by atoms with Gasteiger partial charge >= 0.3 is 0 Å². The first-order chi connectivity index (χ1) is 5.02. The Labute approximate surface area is 75.9 Å². The summed E-state index contributed by atoms with van der Waals surface area (Å²) in [6.07, 6.45) is 0.386. The zero-order chi connectivity index (χ0) is 8.91. The summed E-state index contributed by atoms with van der Waals surface area (Å²) in [4.78, 5) is 20.9. The van der Waals surface area contributed by atoms with Crippen molar-refractivity contribution in [3.63, 3.8) is 0 Å². The van der Waals surface area contributed by atoms with Crippen molar-refractivity contribution in [3.05, 3.63) is 0 Å². The van der Waals surface area contributed by atoms with Gasteiger partial charge in [0.25, 0.3) is 0 Å². The van der Waals surface area contributed by atoms with Crippen molar-refractivity contribution >= 4 is 30.8 Å². The van der Waals surface area contributed by atoms with E-state index in [1.54, 1.807) is 0 Å². The fourth-order valence-electron chi connectivity index (χ4n) is 0.712. The fraction of sp³-hybridized carbons (Fsp3) is 1.00. The predicted molar refractivity (Wildman–Crippen MR) is 42.1 cm³/mol. The highest BCUT2D eigenvalue weighted by molar-refractivity contribution is 7.49. The van der Waals surface area contributed by atoms with E-state index in [-0.39, 0.29) is 24.6 Å². The molecular formula is C5H9Cl2O3P-2. The Bertz CT molecular complexity index is 141. The second-order valence-corrected chi connectivity index (χ2v) is 4.71. The lowest BCUT2D eigenvalue weighted by molar-refractivity contribution is -0.316. The van der Waals surface area contributed by atoms with E-state index in [0.717, 1.165) is 0 Å². The maximum absolute atomic E-state index is 10.5. The third-order valence-electron chi connectivity index (χ3n) is 1.33. The number of rotatable bonds is 5. The lowest BCUT2D eigenvalue weighted by atomic mass is 10.3. The highest BCUT2D eigenvalue weighted by Crippen LogP contribution is 2.36. The maximum atomic E-state index is 10.5. The van der Waals surface area contributed by atoms with Gasteiger partial charge in [0.1, 0.15) is 0 Å². The molecule has 0 saturated heterocycles. The molecule has 0 amide bonds. The molecule has 0 spiro atoms. The lowest BCUT2D eigenvalue weighted by Crippen LogP contribution is -2.26. The van der Waals surface area contributed by atoms with Gasteiger partial charge in [-0.15, -0.1) is 23.2 Å². The SMILES string of the molecule is O=P([O-])([O-])C(CCCl)CCCl. The van der Waals surface area contributed by atoms with Gasteiger partial charge in [0, 0.05) is 11.8 Å². The Balaban J connectivity index is 3.99. The number of halogens is 2. The van der Waals surface area contributed by atoms with Crippen LogP contribution in [0.4, 0.5) is 0 Å². The number of hydrogen-bond acceptors (Lipinski definition) is 3. The van der Waals surface area contributed by atoms with Crippen LogP contribution in [0.2, 0.25) is 0 Å². The summed E-state index contributed by atoms with van der Waals surface area (Å²) < 4.78 is 10.5. The van der Waals surface area contributed by atoms with E-state index in [4.69, 9.17) is 23.2 Å². The van der Waals surface area contributed by atoms with Gasteiger partial charge in [-0.1, -0.05) is 7.60 Å². The van der Waals surface area contributed by atoms with Crippen molar-refractivity contribution in [1.29, 1.82) is 0 Å². The first kappa shape index (κ1) is 11.7.